The normalized spacial score (nSPS) is 13.4. The Bertz CT molecular complexity index is 686. The molecule has 2 nitrogen and oxygen atoms in total. The molecule has 25 heavy (non-hydrogen) atoms. The summed E-state index contributed by atoms with van der Waals surface area (Å²) in [6.45, 7) is 12.2. The quantitative estimate of drug-likeness (QED) is 0.619. The van der Waals surface area contributed by atoms with Gasteiger partial charge in [-0.3, -0.25) is 4.79 Å². The van der Waals surface area contributed by atoms with Gasteiger partial charge in [0.15, 0.2) is 0 Å². The first-order valence-electron chi connectivity index (χ1n) is 8.93. The third kappa shape index (κ3) is 6.04. The lowest BCUT2D eigenvalue weighted by molar-refractivity contribution is -0.157. The lowest BCUT2D eigenvalue weighted by Gasteiger charge is -2.28. The average Bonchev–Trinajstić information content (AvgIpc) is 2.51. The molecule has 0 aliphatic rings. The zero-order chi connectivity index (χ0) is 18.7. The van der Waals surface area contributed by atoms with Crippen LogP contribution in [0.2, 0.25) is 0 Å². The van der Waals surface area contributed by atoms with Crippen molar-refractivity contribution in [1.29, 1.82) is 0 Å². The van der Waals surface area contributed by atoms with Gasteiger partial charge in [0.1, 0.15) is 5.60 Å². The Kier molecular flexibility index (Phi) is 5.72. The first-order chi connectivity index (χ1) is 11.6. The Morgan fingerprint density at radius 3 is 1.84 bits per heavy atom. The predicted octanol–water partition coefficient (Wildman–Crippen LogP) is 6.22. The Hall–Kier alpha value is -2.09. The number of rotatable bonds is 4. The standard InChI is InChI=1S/C23H30O2/c1-22(2,3)16-20(21(24)25-23(4,5)6)19-14-12-18(13-15-19)17-10-8-7-9-11-17/h7-15,20H,16H2,1-6H3/t20-/m0/s1. The van der Waals surface area contributed by atoms with Crippen LogP contribution in [0.4, 0.5) is 0 Å². The maximum absolute atomic E-state index is 12.8. The first kappa shape index (κ1) is 19.2. The number of benzene rings is 2. The Balaban J connectivity index is 2.29. The van der Waals surface area contributed by atoms with Crippen molar-refractivity contribution in [3.05, 3.63) is 60.2 Å². The van der Waals surface area contributed by atoms with E-state index in [1.54, 1.807) is 0 Å². The van der Waals surface area contributed by atoms with E-state index in [-0.39, 0.29) is 17.3 Å². The number of carbonyl (C=O) groups excluding carboxylic acids is 1. The van der Waals surface area contributed by atoms with Gasteiger partial charge < -0.3 is 4.74 Å². The summed E-state index contributed by atoms with van der Waals surface area (Å²) in [6, 6.07) is 18.6. The molecule has 0 N–H and O–H groups in total. The number of esters is 1. The highest BCUT2D eigenvalue weighted by Gasteiger charge is 2.30. The lowest BCUT2D eigenvalue weighted by atomic mass is 9.81. The second-order valence-electron chi connectivity index (χ2n) is 8.84. The molecule has 134 valence electrons. The number of hydrogen-bond donors (Lipinski definition) is 0. The molecule has 0 aliphatic heterocycles. The first-order valence-corrected chi connectivity index (χ1v) is 8.93. The number of carbonyl (C=O) groups is 1. The lowest BCUT2D eigenvalue weighted by Crippen LogP contribution is -2.29. The summed E-state index contributed by atoms with van der Waals surface area (Å²) in [4.78, 5) is 12.8. The van der Waals surface area contributed by atoms with E-state index in [2.05, 4.69) is 57.2 Å². The van der Waals surface area contributed by atoms with Crippen LogP contribution in [0.15, 0.2) is 54.6 Å². The van der Waals surface area contributed by atoms with E-state index in [0.29, 0.717) is 0 Å². The van der Waals surface area contributed by atoms with Crippen LogP contribution in [0.1, 0.15) is 59.4 Å². The summed E-state index contributed by atoms with van der Waals surface area (Å²) in [5.74, 6) is -0.390. The fourth-order valence-electron chi connectivity index (χ4n) is 2.86. The minimum absolute atomic E-state index is 0.0413. The fraction of sp³-hybridized carbons (Fsp3) is 0.435. The van der Waals surface area contributed by atoms with Crippen molar-refractivity contribution in [2.24, 2.45) is 5.41 Å². The fourth-order valence-corrected chi connectivity index (χ4v) is 2.86. The van der Waals surface area contributed by atoms with Crippen LogP contribution < -0.4 is 0 Å². The summed E-state index contributed by atoms with van der Waals surface area (Å²) in [7, 11) is 0. The van der Waals surface area contributed by atoms with Gasteiger partial charge in [-0.1, -0.05) is 75.4 Å². The molecule has 0 amide bonds. The molecule has 0 heterocycles. The summed E-state index contributed by atoms with van der Waals surface area (Å²) in [5.41, 5.74) is 2.92. The van der Waals surface area contributed by atoms with Crippen LogP contribution >= 0.6 is 0 Å². The van der Waals surface area contributed by atoms with Crippen LogP contribution in [0.25, 0.3) is 11.1 Å². The molecule has 0 fully saturated rings. The van der Waals surface area contributed by atoms with Gasteiger partial charge in [0.2, 0.25) is 0 Å². The highest BCUT2D eigenvalue weighted by Crippen LogP contribution is 2.34. The van der Waals surface area contributed by atoms with E-state index in [4.69, 9.17) is 4.74 Å². The third-order valence-electron chi connectivity index (χ3n) is 3.93. The van der Waals surface area contributed by atoms with Gasteiger partial charge in [-0.2, -0.15) is 0 Å². The zero-order valence-electron chi connectivity index (χ0n) is 16.3. The van der Waals surface area contributed by atoms with Gasteiger partial charge in [0.25, 0.3) is 0 Å². The van der Waals surface area contributed by atoms with E-state index in [1.165, 1.54) is 5.56 Å². The third-order valence-corrected chi connectivity index (χ3v) is 3.93. The van der Waals surface area contributed by atoms with Crippen molar-refractivity contribution in [2.45, 2.75) is 59.5 Å². The van der Waals surface area contributed by atoms with E-state index in [1.807, 2.05) is 39.0 Å². The molecule has 1 atom stereocenters. The van der Waals surface area contributed by atoms with Gasteiger partial charge in [-0.05, 0) is 49.3 Å². The highest BCUT2D eigenvalue weighted by molar-refractivity contribution is 5.79. The topological polar surface area (TPSA) is 26.3 Å². The maximum atomic E-state index is 12.8. The molecule has 0 aromatic heterocycles. The Labute approximate surface area is 152 Å². The minimum Gasteiger partial charge on any atom is -0.459 e. The van der Waals surface area contributed by atoms with Crippen LogP contribution in [0.5, 0.6) is 0 Å². The van der Waals surface area contributed by atoms with Crippen LogP contribution in [0, 0.1) is 5.41 Å². The smallest absolute Gasteiger partial charge is 0.313 e. The Morgan fingerprint density at radius 2 is 1.36 bits per heavy atom. The van der Waals surface area contributed by atoms with Crippen LogP contribution in [-0.2, 0) is 9.53 Å². The molecular formula is C23H30O2. The van der Waals surface area contributed by atoms with Crippen LogP contribution in [-0.4, -0.2) is 11.6 Å². The molecule has 0 spiro atoms. The summed E-state index contributed by atoms with van der Waals surface area (Å²) in [6.07, 6.45) is 0.757. The highest BCUT2D eigenvalue weighted by atomic mass is 16.6. The van der Waals surface area contributed by atoms with Crippen molar-refractivity contribution in [2.75, 3.05) is 0 Å². The average molecular weight is 338 g/mol. The zero-order valence-corrected chi connectivity index (χ0v) is 16.3. The van der Waals surface area contributed by atoms with Crippen molar-refractivity contribution >= 4 is 5.97 Å². The molecule has 2 rings (SSSR count). The monoisotopic (exact) mass is 338 g/mol. The molecule has 0 aliphatic carbocycles. The molecule has 2 heteroatoms. The SMILES string of the molecule is CC(C)(C)C[C@H](C(=O)OC(C)(C)C)c1ccc(-c2ccccc2)cc1. The molecular weight excluding hydrogens is 308 g/mol. The number of hydrogen-bond acceptors (Lipinski definition) is 2. The van der Waals surface area contributed by atoms with Crippen molar-refractivity contribution < 1.29 is 9.53 Å². The summed E-state index contributed by atoms with van der Waals surface area (Å²) in [5, 5.41) is 0. The molecule has 2 aromatic carbocycles. The summed E-state index contributed by atoms with van der Waals surface area (Å²) < 4.78 is 5.68. The molecule has 2 aromatic rings. The second-order valence-corrected chi connectivity index (χ2v) is 8.84. The molecule has 0 bridgehead atoms. The van der Waals surface area contributed by atoms with E-state index < -0.39 is 5.60 Å². The van der Waals surface area contributed by atoms with Crippen molar-refractivity contribution in [3.63, 3.8) is 0 Å². The van der Waals surface area contributed by atoms with E-state index in [9.17, 15) is 4.79 Å². The predicted molar refractivity (Wildman–Crippen MR) is 105 cm³/mol. The molecule has 0 unspecified atom stereocenters. The molecule has 0 saturated carbocycles. The van der Waals surface area contributed by atoms with E-state index >= 15 is 0 Å². The van der Waals surface area contributed by atoms with Crippen LogP contribution in [0.3, 0.4) is 0 Å². The minimum atomic E-state index is -0.475. The van der Waals surface area contributed by atoms with Crippen molar-refractivity contribution in [1.82, 2.24) is 0 Å². The largest absolute Gasteiger partial charge is 0.459 e. The second kappa shape index (κ2) is 7.43. The molecule has 0 radical (unpaired) electrons. The van der Waals surface area contributed by atoms with E-state index in [0.717, 1.165) is 17.5 Å². The summed E-state index contributed by atoms with van der Waals surface area (Å²) >= 11 is 0. The van der Waals surface area contributed by atoms with Crippen molar-refractivity contribution in [3.8, 4) is 11.1 Å². The van der Waals surface area contributed by atoms with Gasteiger partial charge in [-0.15, -0.1) is 0 Å². The number of ether oxygens (including phenoxy) is 1. The van der Waals surface area contributed by atoms with Gasteiger partial charge in [0.05, 0.1) is 5.92 Å². The maximum Gasteiger partial charge on any atom is 0.313 e. The van der Waals surface area contributed by atoms with Gasteiger partial charge >= 0.3 is 5.97 Å². The Morgan fingerprint density at radius 1 is 0.840 bits per heavy atom. The molecule has 0 saturated heterocycles. The van der Waals surface area contributed by atoms with Gasteiger partial charge in [0, 0.05) is 0 Å². The van der Waals surface area contributed by atoms with Gasteiger partial charge in [-0.25, -0.2) is 0 Å².